The van der Waals surface area contributed by atoms with Crippen LogP contribution in [0.3, 0.4) is 0 Å². The van der Waals surface area contributed by atoms with Gasteiger partial charge in [-0.25, -0.2) is 0 Å². The first-order valence-electron chi connectivity index (χ1n) is 9.93. The zero-order valence-electron chi connectivity index (χ0n) is 16.3. The number of hydrogen-bond donors (Lipinski definition) is 0. The molecule has 0 N–H and O–H groups in total. The van der Waals surface area contributed by atoms with E-state index in [2.05, 4.69) is 33.2 Å². The van der Waals surface area contributed by atoms with Gasteiger partial charge in [0.1, 0.15) is 5.75 Å². The molecule has 4 rings (SSSR count). The van der Waals surface area contributed by atoms with E-state index in [1.54, 1.807) is 7.11 Å². The second kappa shape index (κ2) is 7.98. The zero-order chi connectivity index (χ0) is 18.7. The van der Waals surface area contributed by atoms with Gasteiger partial charge in [0.05, 0.1) is 12.7 Å². The summed E-state index contributed by atoms with van der Waals surface area (Å²) in [5.74, 6) is 2.99. The molecule has 0 saturated carbocycles. The largest absolute Gasteiger partial charge is 0.497 e. The van der Waals surface area contributed by atoms with Crippen LogP contribution in [0.4, 0.5) is 0 Å². The number of methoxy groups -OCH3 is 1. The predicted octanol–water partition coefficient (Wildman–Crippen LogP) is 3.39. The normalized spacial score (nSPS) is 22.8. The van der Waals surface area contributed by atoms with E-state index >= 15 is 0 Å². The highest BCUT2D eigenvalue weighted by Gasteiger charge is 2.40. The Morgan fingerprint density at radius 2 is 2.15 bits per heavy atom. The van der Waals surface area contributed by atoms with Gasteiger partial charge in [0.2, 0.25) is 5.89 Å². The lowest BCUT2D eigenvalue weighted by Gasteiger charge is -2.46. The van der Waals surface area contributed by atoms with Crippen molar-refractivity contribution in [2.75, 3.05) is 26.8 Å². The molecule has 2 aliphatic heterocycles. The molecule has 3 heterocycles. The Balaban J connectivity index is 1.31. The van der Waals surface area contributed by atoms with Crippen molar-refractivity contribution < 1.29 is 14.0 Å². The second-order valence-corrected chi connectivity index (χ2v) is 7.96. The van der Waals surface area contributed by atoms with Gasteiger partial charge in [0, 0.05) is 32.7 Å². The Morgan fingerprint density at radius 3 is 2.89 bits per heavy atom. The summed E-state index contributed by atoms with van der Waals surface area (Å²) in [7, 11) is 1.72. The molecule has 0 aliphatic carbocycles. The van der Waals surface area contributed by atoms with Gasteiger partial charge in [-0.3, -0.25) is 4.90 Å². The van der Waals surface area contributed by atoms with E-state index in [1.807, 2.05) is 13.0 Å². The fourth-order valence-electron chi connectivity index (χ4n) is 4.47. The molecule has 1 aromatic heterocycles. The van der Waals surface area contributed by atoms with Gasteiger partial charge < -0.3 is 14.0 Å². The van der Waals surface area contributed by atoms with Crippen molar-refractivity contribution in [3.05, 3.63) is 41.5 Å². The predicted molar refractivity (Wildman–Crippen MR) is 102 cm³/mol. The van der Waals surface area contributed by atoms with E-state index in [1.165, 1.54) is 5.56 Å². The van der Waals surface area contributed by atoms with E-state index in [4.69, 9.17) is 14.0 Å². The van der Waals surface area contributed by atoms with Crippen LogP contribution in [-0.2, 0) is 17.7 Å². The molecule has 1 atom stereocenters. The summed E-state index contributed by atoms with van der Waals surface area (Å²) < 4.78 is 17.0. The first-order valence-corrected chi connectivity index (χ1v) is 9.93. The van der Waals surface area contributed by atoms with Crippen LogP contribution < -0.4 is 4.74 Å². The van der Waals surface area contributed by atoms with Crippen LogP contribution in [0.5, 0.6) is 5.75 Å². The maximum absolute atomic E-state index is 6.30. The van der Waals surface area contributed by atoms with Crippen LogP contribution in [0, 0.1) is 12.8 Å². The third kappa shape index (κ3) is 4.50. The lowest BCUT2D eigenvalue weighted by Crippen LogP contribution is -2.49. The number of nitrogens with zero attached hydrogens (tertiary/aromatic N) is 3. The molecule has 1 unspecified atom stereocenters. The third-order valence-corrected chi connectivity index (χ3v) is 5.94. The molecule has 6 heteroatoms. The van der Waals surface area contributed by atoms with Crippen LogP contribution in [0.15, 0.2) is 28.8 Å². The van der Waals surface area contributed by atoms with Crippen molar-refractivity contribution in [3.63, 3.8) is 0 Å². The molecule has 1 spiro atoms. The number of hydrogen-bond acceptors (Lipinski definition) is 6. The van der Waals surface area contributed by atoms with Crippen LogP contribution in [0.1, 0.15) is 43.0 Å². The molecule has 2 aromatic rings. The topological polar surface area (TPSA) is 60.6 Å². The number of aromatic nitrogens is 2. The molecule has 6 nitrogen and oxygen atoms in total. The van der Waals surface area contributed by atoms with Gasteiger partial charge in [-0.15, -0.1) is 0 Å². The Morgan fingerprint density at radius 1 is 1.30 bits per heavy atom. The summed E-state index contributed by atoms with van der Waals surface area (Å²) in [4.78, 5) is 6.90. The van der Waals surface area contributed by atoms with Gasteiger partial charge in [-0.05, 0) is 56.2 Å². The number of ether oxygens (including phenoxy) is 2. The van der Waals surface area contributed by atoms with Gasteiger partial charge in [0.15, 0.2) is 5.82 Å². The molecule has 146 valence electrons. The molecule has 2 fully saturated rings. The van der Waals surface area contributed by atoms with E-state index in [-0.39, 0.29) is 5.60 Å². The molecule has 2 saturated heterocycles. The zero-order valence-corrected chi connectivity index (χ0v) is 16.3. The minimum absolute atomic E-state index is 0.0306. The van der Waals surface area contributed by atoms with Crippen molar-refractivity contribution in [1.82, 2.24) is 15.0 Å². The lowest BCUT2D eigenvalue weighted by molar-refractivity contribution is -0.128. The first-order chi connectivity index (χ1) is 13.1. The van der Waals surface area contributed by atoms with Crippen molar-refractivity contribution in [2.24, 2.45) is 5.92 Å². The van der Waals surface area contributed by atoms with E-state index in [0.29, 0.717) is 5.92 Å². The summed E-state index contributed by atoms with van der Waals surface area (Å²) >= 11 is 0. The van der Waals surface area contributed by atoms with E-state index in [9.17, 15) is 0 Å². The second-order valence-electron chi connectivity index (χ2n) is 7.96. The number of piperidine rings is 1. The Labute approximate surface area is 160 Å². The third-order valence-electron chi connectivity index (χ3n) is 5.94. The summed E-state index contributed by atoms with van der Waals surface area (Å²) in [6, 6.07) is 8.36. The maximum atomic E-state index is 6.30. The minimum Gasteiger partial charge on any atom is -0.497 e. The van der Waals surface area contributed by atoms with Crippen LogP contribution >= 0.6 is 0 Å². The van der Waals surface area contributed by atoms with Crippen LogP contribution in [0.2, 0.25) is 0 Å². The van der Waals surface area contributed by atoms with Crippen molar-refractivity contribution >= 4 is 0 Å². The average Bonchev–Trinajstić information content (AvgIpc) is 3.09. The smallest absolute Gasteiger partial charge is 0.226 e. The molecule has 0 amide bonds. The van der Waals surface area contributed by atoms with Gasteiger partial charge in [0.25, 0.3) is 0 Å². The highest BCUT2D eigenvalue weighted by atomic mass is 16.5. The summed E-state index contributed by atoms with van der Waals surface area (Å²) in [5.41, 5.74) is 1.34. The van der Waals surface area contributed by atoms with Crippen LogP contribution in [-0.4, -0.2) is 47.4 Å². The van der Waals surface area contributed by atoms with Crippen LogP contribution in [0.25, 0.3) is 0 Å². The monoisotopic (exact) mass is 371 g/mol. The molecular formula is C21H29N3O3. The quantitative estimate of drug-likeness (QED) is 0.803. The first kappa shape index (κ1) is 18.4. The highest BCUT2D eigenvalue weighted by molar-refractivity contribution is 5.28. The summed E-state index contributed by atoms with van der Waals surface area (Å²) in [6.07, 6.45) is 5.24. The maximum Gasteiger partial charge on any atom is 0.226 e. The SMILES string of the molecule is COc1cccc(CN2CCC3(CC2)CC(Cc2nc(C)no2)CCO3)c1. The molecule has 27 heavy (non-hydrogen) atoms. The fourth-order valence-corrected chi connectivity index (χ4v) is 4.47. The standard InChI is InChI=1S/C21H29N3O3/c1-16-22-20(27-23-16)13-17-6-11-26-21(14-17)7-9-24(10-8-21)15-18-4-3-5-19(12-18)25-2/h3-5,12,17H,6-11,13-15H2,1-2H3. The highest BCUT2D eigenvalue weighted by Crippen LogP contribution is 2.39. The average molecular weight is 371 g/mol. The lowest BCUT2D eigenvalue weighted by atomic mass is 9.78. The van der Waals surface area contributed by atoms with E-state index < -0.39 is 0 Å². The van der Waals surface area contributed by atoms with Gasteiger partial charge >= 0.3 is 0 Å². The Hall–Kier alpha value is -1.92. The fraction of sp³-hybridized carbons (Fsp3) is 0.619. The molecule has 0 bridgehead atoms. The number of likely N-dealkylation sites (tertiary alicyclic amines) is 1. The molecular weight excluding hydrogens is 342 g/mol. The minimum atomic E-state index is 0.0306. The number of aryl methyl sites for hydroxylation is 1. The molecule has 2 aliphatic rings. The molecule has 0 radical (unpaired) electrons. The summed E-state index contributed by atoms with van der Waals surface area (Å²) in [5, 5.41) is 3.92. The Kier molecular flexibility index (Phi) is 5.45. The van der Waals surface area contributed by atoms with Crippen molar-refractivity contribution in [3.8, 4) is 5.75 Å². The van der Waals surface area contributed by atoms with Gasteiger partial charge in [-0.2, -0.15) is 4.98 Å². The Bertz CT molecular complexity index is 753. The number of rotatable bonds is 5. The molecule has 1 aromatic carbocycles. The van der Waals surface area contributed by atoms with Crippen molar-refractivity contribution in [1.29, 1.82) is 0 Å². The van der Waals surface area contributed by atoms with E-state index in [0.717, 1.165) is 75.8 Å². The van der Waals surface area contributed by atoms with Crippen molar-refractivity contribution in [2.45, 2.75) is 51.2 Å². The summed E-state index contributed by atoms with van der Waals surface area (Å²) in [6.45, 7) is 5.83. The van der Waals surface area contributed by atoms with Gasteiger partial charge in [-0.1, -0.05) is 17.3 Å². The number of benzene rings is 1.